The number of hydrogen-bond acceptors (Lipinski definition) is 4. The second-order valence-corrected chi connectivity index (χ2v) is 5.86. The fraction of sp³-hybridized carbons (Fsp3) is 0.364. The van der Waals surface area contributed by atoms with E-state index in [2.05, 4.69) is 0 Å². The normalized spacial score (nSPS) is 11.2. The van der Waals surface area contributed by atoms with Crippen LogP contribution in [0.5, 0.6) is 0 Å². The Kier molecular flexibility index (Phi) is 4.69. The predicted octanol–water partition coefficient (Wildman–Crippen LogP) is 0.383. The van der Waals surface area contributed by atoms with E-state index in [1.807, 2.05) is 0 Å². The first-order chi connectivity index (χ1) is 8.38. The maximum absolute atomic E-state index is 11.9. The second kappa shape index (κ2) is 5.83. The molecule has 100 valence electrons. The van der Waals surface area contributed by atoms with Gasteiger partial charge in [0.05, 0.1) is 18.0 Å². The lowest BCUT2D eigenvalue weighted by Gasteiger charge is -2.19. The van der Waals surface area contributed by atoms with Gasteiger partial charge in [-0.25, -0.2) is 8.42 Å². The van der Waals surface area contributed by atoms with Gasteiger partial charge in [-0.05, 0) is 24.3 Å². The van der Waals surface area contributed by atoms with E-state index in [1.54, 1.807) is 24.3 Å². The largest absolute Gasteiger partial charge is 0.384 e. The van der Waals surface area contributed by atoms with Crippen LogP contribution in [0.15, 0.2) is 24.3 Å². The predicted molar refractivity (Wildman–Crippen MR) is 71.5 cm³/mol. The average molecular weight is 271 g/mol. The SMILES string of the molecule is COCCS(=O)(=O)N(C)c1ccc(C(=N)N)cc1. The summed E-state index contributed by atoms with van der Waals surface area (Å²) in [5.74, 6) is -0.125. The van der Waals surface area contributed by atoms with E-state index in [1.165, 1.54) is 18.5 Å². The minimum absolute atomic E-state index is 0.0496. The first-order valence-corrected chi connectivity index (χ1v) is 6.89. The highest BCUT2D eigenvalue weighted by Crippen LogP contribution is 2.17. The summed E-state index contributed by atoms with van der Waals surface area (Å²) in [7, 11) is -0.450. The number of rotatable bonds is 6. The lowest BCUT2D eigenvalue weighted by molar-refractivity contribution is 0.217. The number of nitrogens with zero attached hydrogens (tertiary/aromatic N) is 1. The van der Waals surface area contributed by atoms with Crippen molar-refractivity contribution in [2.24, 2.45) is 5.73 Å². The van der Waals surface area contributed by atoms with Crippen LogP contribution < -0.4 is 10.0 Å². The third kappa shape index (κ3) is 3.44. The maximum Gasteiger partial charge on any atom is 0.237 e. The molecule has 3 N–H and O–H groups in total. The number of amidine groups is 1. The zero-order chi connectivity index (χ0) is 13.8. The van der Waals surface area contributed by atoms with Crippen molar-refractivity contribution in [1.82, 2.24) is 0 Å². The fourth-order valence-electron chi connectivity index (χ4n) is 1.34. The van der Waals surface area contributed by atoms with E-state index in [4.69, 9.17) is 15.9 Å². The minimum atomic E-state index is -3.39. The van der Waals surface area contributed by atoms with Crippen molar-refractivity contribution in [3.63, 3.8) is 0 Å². The molecule has 0 aliphatic rings. The Hall–Kier alpha value is -1.60. The lowest BCUT2D eigenvalue weighted by atomic mass is 10.2. The summed E-state index contributed by atoms with van der Waals surface area (Å²) in [6.45, 7) is 0.151. The molecule has 0 saturated heterocycles. The third-order valence-electron chi connectivity index (χ3n) is 2.50. The number of nitrogens with two attached hydrogens (primary N) is 1. The molecule has 1 aromatic rings. The summed E-state index contributed by atoms with van der Waals surface area (Å²) in [6, 6.07) is 6.45. The topological polar surface area (TPSA) is 96.5 Å². The number of hydrogen-bond donors (Lipinski definition) is 2. The van der Waals surface area contributed by atoms with Crippen molar-refractivity contribution in [3.8, 4) is 0 Å². The Balaban J connectivity index is 2.90. The van der Waals surface area contributed by atoms with Crippen molar-refractivity contribution >= 4 is 21.5 Å². The molecular weight excluding hydrogens is 254 g/mol. The molecule has 1 aromatic carbocycles. The van der Waals surface area contributed by atoms with Gasteiger partial charge in [-0.3, -0.25) is 9.71 Å². The third-order valence-corrected chi connectivity index (χ3v) is 4.23. The van der Waals surface area contributed by atoms with Gasteiger partial charge in [0.2, 0.25) is 10.0 Å². The van der Waals surface area contributed by atoms with Gasteiger partial charge in [0.25, 0.3) is 0 Å². The number of sulfonamides is 1. The van der Waals surface area contributed by atoms with Gasteiger partial charge in [-0.15, -0.1) is 0 Å². The summed E-state index contributed by atoms with van der Waals surface area (Å²) in [5, 5.41) is 7.26. The number of ether oxygens (including phenoxy) is 1. The van der Waals surface area contributed by atoms with Crippen molar-refractivity contribution in [2.75, 3.05) is 30.8 Å². The number of nitrogens with one attached hydrogen (secondary N) is 1. The minimum Gasteiger partial charge on any atom is -0.384 e. The van der Waals surface area contributed by atoms with E-state index in [0.29, 0.717) is 11.3 Å². The van der Waals surface area contributed by atoms with E-state index in [-0.39, 0.29) is 18.2 Å². The molecule has 0 radical (unpaired) electrons. The van der Waals surface area contributed by atoms with Crippen LogP contribution in [0.3, 0.4) is 0 Å². The molecule has 0 unspecified atom stereocenters. The van der Waals surface area contributed by atoms with Crippen LogP contribution in [0.25, 0.3) is 0 Å². The molecule has 1 rings (SSSR count). The van der Waals surface area contributed by atoms with E-state index in [9.17, 15) is 8.42 Å². The van der Waals surface area contributed by atoms with Gasteiger partial charge in [0.1, 0.15) is 5.84 Å². The summed E-state index contributed by atoms with van der Waals surface area (Å²) in [6.07, 6.45) is 0. The Bertz CT molecular complexity index is 511. The van der Waals surface area contributed by atoms with Crippen LogP contribution in [-0.2, 0) is 14.8 Å². The first-order valence-electron chi connectivity index (χ1n) is 5.28. The maximum atomic E-state index is 11.9. The molecule has 0 aromatic heterocycles. The van der Waals surface area contributed by atoms with Gasteiger partial charge >= 0.3 is 0 Å². The summed E-state index contributed by atoms with van der Waals surface area (Å²) in [5.41, 5.74) is 6.41. The molecule has 0 atom stereocenters. The molecule has 0 saturated carbocycles. The molecule has 18 heavy (non-hydrogen) atoms. The van der Waals surface area contributed by atoms with Crippen LogP contribution in [0.1, 0.15) is 5.56 Å². The number of nitrogen functional groups attached to an aromatic ring is 1. The molecule has 0 spiro atoms. The summed E-state index contributed by atoms with van der Waals surface area (Å²) < 4.78 is 29.7. The fourth-order valence-corrected chi connectivity index (χ4v) is 2.43. The Morgan fingerprint density at radius 1 is 1.39 bits per heavy atom. The molecule has 0 heterocycles. The van der Waals surface area contributed by atoms with Crippen molar-refractivity contribution in [2.45, 2.75) is 0 Å². The molecule has 0 aliphatic heterocycles. The molecule has 0 amide bonds. The zero-order valence-electron chi connectivity index (χ0n) is 10.4. The van der Waals surface area contributed by atoms with Crippen LogP contribution in [0, 0.1) is 5.41 Å². The van der Waals surface area contributed by atoms with Crippen LogP contribution in [0.2, 0.25) is 0 Å². The molecular formula is C11H17N3O3S. The van der Waals surface area contributed by atoms with Gasteiger partial charge in [0.15, 0.2) is 0 Å². The van der Waals surface area contributed by atoms with E-state index in [0.717, 1.165) is 0 Å². The van der Waals surface area contributed by atoms with Gasteiger partial charge < -0.3 is 10.5 Å². The highest BCUT2D eigenvalue weighted by molar-refractivity contribution is 7.92. The van der Waals surface area contributed by atoms with Gasteiger partial charge in [-0.2, -0.15) is 0 Å². The van der Waals surface area contributed by atoms with Crippen molar-refractivity contribution in [1.29, 1.82) is 5.41 Å². The lowest BCUT2D eigenvalue weighted by Crippen LogP contribution is -2.30. The van der Waals surface area contributed by atoms with E-state index < -0.39 is 10.0 Å². The van der Waals surface area contributed by atoms with Gasteiger partial charge in [0, 0.05) is 19.7 Å². The van der Waals surface area contributed by atoms with Crippen LogP contribution in [-0.4, -0.2) is 40.8 Å². The monoisotopic (exact) mass is 271 g/mol. The van der Waals surface area contributed by atoms with Gasteiger partial charge in [-0.1, -0.05) is 0 Å². The Morgan fingerprint density at radius 3 is 2.39 bits per heavy atom. The smallest absolute Gasteiger partial charge is 0.237 e. The molecule has 6 nitrogen and oxygen atoms in total. The summed E-state index contributed by atoms with van der Waals surface area (Å²) in [4.78, 5) is 0. The number of anilines is 1. The first kappa shape index (κ1) is 14.5. The average Bonchev–Trinajstić information content (AvgIpc) is 2.35. The molecule has 0 fully saturated rings. The number of benzene rings is 1. The van der Waals surface area contributed by atoms with E-state index >= 15 is 0 Å². The quantitative estimate of drug-likeness (QED) is 0.577. The van der Waals surface area contributed by atoms with Crippen molar-refractivity contribution < 1.29 is 13.2 Å². The Morgan fingerprint density at radius 2 is 1.94 bits per heavy atom. The molecule has 7 heteroatoms. The Labute approximate surface area is 107 Å². The van der Waals surface area contributed by atoms with Crippen LogP contribution in [0.4, 0.5) is 5.69 Å². The van der Waals surface area contributed by atoms with Crippen LogP contribution >= 0.6 is 0 Å². The second-order valence-electron chi connectivity index (χ2n) is 3.74. The summed E-state index contributed by atoms with van der Waals surface area (Å²) >= 11 is 0. The highest BCUT2D eigenvalue weighted by atomic mass is 32.2. The van der Waals surface area contributed by atoms with Crippen molar-refractivity contribution in [3.05, 3.63) is 29.8 Å². The number of methoxy groups -OCH3 is 1. The highest BCUT2D eigenvalue weighted by Gasteiger charge is 2.17. The zero-order valence-corrected chi connectivity index (χ0v) is 11.2. The standard InChI is InChI=1S/C11H17N3O3S/c1-14(18(15,16)8-7-17-2)10-5-3-9(4-6-10)11(12)13/h3-6H,7-8H2,1-2H3,(H3,12,13). The molecule has 0 aliphatic carbocycles. The molecule has 0 bridgehead atoms.